The molecule has 14 aromatic rings. The van der Waals surface area contributed by atoms with E-state index < -0.39 is 14.2 Å². The van der Waals surface area contributed by atoms with Gasteiger partial charge < -0.3 is 66.4 Å². The average Bonchev–Trinajstić information content (AvgIpc) is 1.15. The van der Waals surface area contributed by atoms with Crippen molar-refractivity contribution in [3.05, 3.63) is 395 Å². The minimum Gasteiger partial charge on any atom is -0.455 e. The van der Waals surface area contributed by atoms with Crippen LogP contribution in [0.5, 0.6) is 0 Å². The molecule has 2 fully saturated rings. The van der Waals surface area contributed by atoms with Crippen LogP contribution in [0.3, 0.4) is 0 Å². The van der Waals surface area contributed by atoms with E-state index in [2.05, 4.69) is 383 Å². The second-order valence-corrected chi connectivity index (χ2v) is 32.1. The number of para-hydroxylation sites is 4. The largest absolute Gasteiger partial charge is 0.502 e. The van der Waals surface area contributed by atoms with Gasteiger partial charge in [0.05, 0.1) is 16.7 Å². The molecule has 2 saturated heterocycles. The Bertz CT molecular complexity index is 7240. The van der Waals surface area contributed by atoms with Crippen LogP contribution in [-0.2, 0) is 0 Å². The zero-order valence-electron chi connectivity index (χ0n) is 65.9. The number of hydrogen-bond donors (Lipinski definition) is 0. The van der Waals surface area contributed by atoms with Crippen LogP contribution in [0, 0.1) is 0 Å². The second kappa shape index (κ2) is 28.1. The average molecular weight is 1560 g/mol. The van der Waals surface area contributed by atoms with Crippen molar-refractivity contribution in [3.63, 3.8) is 0 Å². The maximum atomic E-state index is 6.52. The van der Waals surface area contributed by atoms with Crippen molar-refractivity contribution >= 4 is 136 Å². The molecule has 0 spiro atoms. The molecule has 2 aliphatic carbocycles. The molecule has 0 unspecified atom stereocenters. The summed E-state index contributed by atoms with van der Waals surface area (Å²) < 4.78 is 27.4. The highest BCUT2D eigenvalue weighted by atomic mass is 16.3. The van der Waals surface area contributed by atoms with Gasteiger partial charge >= 0.3 is 56.4 Å². The van der Waals surface area contributed by atoms with Crippen molar-refractivity contribution in [1.29, 1.82) is 0 Å². The van der Waals surface area contributed by atoms with Gasteiger partial charge in [-0.05, 0) is 212 Å². The van der Waals surface area contributed by atoms with E-state index in [4.69, 9.17) is 34.0 Å². The molecule has 12 aliphatic rings. The summed E-state index contributed by atoms with van der Waals surface area (Å²) in [6, 6.07) is 87.9. The van der Waals surface area contributed by atoms with Crippen molar-refractivity contribution in [2.45, 2.75) is 0 Å². The molecule has 13 heterocycles. The van der Waals surface area contributed by atoms with E-state index in [0.717, 1.165) is 89.0 Å². The Morgan fingerprint density at radius 3 is 1.31 bits per heavy atom. The highest BCUT2D eigenvalue weighted by Gasteiger charge is 2.56. The molecule has 3 aromatic heterocycles. The molecule has 11 aromatic carbocycles. The summed E-state index contributed by atoms with van der Waals surface area (Å²) in [5.74, 6) is 9.84. The van der Waals surface area contributed by atoms with Crippen molar-refractivity contribution in [2.75, 3.05) is 0 Å². The second-order valence-electron chi connectivity index (χ2n) is 32.1. The molecule has 0 atom stereocenters. The molecule has 0 radical (unpaired) electrons. The quantitative estimate of drug-likeness (QED) is 0.157. The molecule has 0 N–H and O–H groups in total. The number of benzene rings is 11. The molecule has 16 nitrogen and oxygen atoms in total. The Morgan fingerprint density at radius 1 is 0.287 bits per heavy atom. The highest BCUT2D eigenvalue weighted by molar-refractivity contribution is 6.92. The number of fused-ring (bicyclic) bond motifs is 38. The Kier molecular flexibility index (Phi) is 16.1. The van der Waals surface area contributed by atoms with Gasteiger partial charge in [0.15, 0.2) is 5.82 Å². The van der Waals surface area contributed by atoms with Crippen LogP contribution in [0.25, 0.3) is 161 Å². The molecule has 10 aliphatic heterocycles. The Labute approximate surface area is 708 Å². The summed E-state index contributed by atoms with van der Waals surface area (Å²) in [7, 11) is -1.46. The summed E-state index contributed by atoms with van der Waals surface area (Å²) in [5.41, 5.74) is 28.8. The minimum atomic E-state index is -0.393. The third kappa shape index (κ3) is 11.0. The van der Waals surface area contributed by atoms with E-state index in [1.807, 2.05) is 67.6 Å². The van der Waals surface area contributed by atoms with Crippen LogP contribution >= 0.6 is 0 Å². The minimum absolute atomic E-state index is 0.0359. The fourth-order valence-electron chi connectivity index (χ4n) is 20.1. The van der Waals surface area contributed by atoms with Crippen molar-refractivity contribution < 1.29 is 4.42 Å². The van der Waals surface area contributed by atoms with Gasteiger partial charge in [0.1, 0.15) is 11.2 Å². The lowest BCUT2D eigenvalue weighted by atomic mass is 9.42. The van der Waals surface area contributed by atoms with Gasteiger partial charge in [-0.2, -0.15) is 0 Å². The lowest BCUT2D eigenvalue weighted by molar-refractivity contribution is 0.594. The monoisotopic (exact) mass is 1560 g/mol. The molecular formula is C98H67B8N15O. The van der Waals surface area contributed by atoms with Gasteiger partial charge in [0, 0.05) is 86.1 Å². The van der Waals surface area contributed by atoms with Gasteiger partial charge in [-0.25, -0.2) is 9.97 Å². The Balaban J connectivity index is 0.000000134. The smallest absolute Gasteiger partial charge is 0.455 e. The lowest BCUT2D eigenvalue weighted by Gasteiger charge is -2.53. The van der Waals surface area contributed by atoms with Crippen LogP contribution in [0.1, 0.15) is 11.4 Å². The lowest BCUT2D eigenvalue weighted by Crippen LogP contribution is -2.73. The zero-order valence-corrected chi connectivity index (χ0v) is 65.9. The predicted octanol–water partition coefficient (Wildman–Crippen LogP) is 19.7. The summed E-state index contributed by atoms with van der Waals surface area (Å²) in [5, 5.41) is 4.76. The molecule has 564 valence electrons. The van der Waals surface area contributed by atoms with Crippen LogP contribution in [0.15, 0.2) is 407 Å². The van der Waals surface area contributed by atoms with Gasteiger partial charge in [0.2, 0.25) is 0 Å². The summed E-state index contributed by atoms with van der Waals surface area (Å²) >= 11 is 0. The van der Waals surface area contributed by atoms with Crippen LogP contribution in [0.4, 0.5) is 0 Å². The molecule has 0 amide bonds. The van der Waals surface area contributed by atoms with Gasteiger partial charge in [-0.15, -0.1) is 0 Å². The van der Waals surface area contributed by atoms with E-state index >= 15 is 0 Å². The van der Waals surface area contributed by atoms with Crippen molar-refractivity contribution in [3.8, 4) is 106 Å². The van der Waals surface area contributed by atoms with Gasteiger partial charge in [0.25, 0.3) is 0 Å². The number of nitrogens with zero attached hydrogens (tertiary/aromatic N) is 15. The van der Waals surface area contributed by atoms with Gasteiger partial charge in [-0.3, -0.25) is 0 Å². The highest BCUT2D eigenvalue weighted by Crippen LogP contribution is 2.52. The third-order valence-corrected chi connectivity index (χ3v) is 25.6. The summed E-state index contributed by atoms with van der Waals surface area (Å²) in [6.07, 6.45) is 47.8. The van der Waals surface area contributed by atoms with Crippen LogP contribution in [0.2, 0.25) is 0 Å². The number of aromatic nitrogens is 3. The van der Waals surface area contributed by atoms with Gasteiger partial charge in [-0.1, -0.05) is 248 Å². The Morgan fingerprint density at radius 2 is 0.713 bits per heavy atom. The molecule has 0 bridgehead atoms. The standard InChI is InChI=1S/C50H35B4N7.C48H32B4N8O/c1-2-17-40-39(16-1)45-33-37(61-47-21-7-5-18-42(47)43-19-6-8-22-48(43)61)23-24-41(45)38-15-3-4-20-44(38)49-46(40)34-55-50(56-49)36-25-29-54-59-32-13-10-27-52(59)57-30-12-9-26-51(57)58-31-14-11-28-53(58)60(54)35-36;1-3-13-39-37(11-1)42-22-20-34(36-16-7-17-44-43-15-5-6-18-47(43)61-48(36)44)30-46(42)40-14-4-2-12-38(40)41-21-19-33(29-45(39)41)35-31-56-52-59-28-9-24-54-50(59)57-26-8-23-53-49(57)58-27-10-25-55-51(58)60(52)32-35/h1-35H;1-32H. The maximum Gasteiger partial charge on any atom is 0.502 e. The summed E-state index contributed by atoms with van der Waals surface area (Å²) in [4.78, 5) is 30.8. The number of furan rings is 1. The number of rotatable bonds is 4. The first-order valence-electron chi connectivity index (χ1n) is 41.6. The SMILES string of the molecule is C1=CB2N(C=C1)B1C=CC=CN1B1C=CC(c3ncc4c(n3)-c3ccccc3-c3ccc(-n5c6ccccc6c6ccccc65)cc3-c3ccccc3-4)=CN1B1C=CC=CN21.C1=CN2B(N=C1)N1C=CC=NB1N1C=C(c3ccc4c(c3)-c3ccccc3-c3ccc(-c5cccc6c5oc5ccccc56)cc3-c3ccccc3-4)C=NB1N1C=CC=NB21. The van der Waals surface area contributed by atoms with Crippen molar-refractivity contribution in [2.24, 2.45) is 19.6 Å². The van der Waals surface area contributed by atoms with E-state index in [9.17, 15) is 0 Å². The predicted molar refractivity (Wildman–Crippen MR) is 508 cm³/mol. The fraction of sp³-hybridized carbons (Fsp3) is 0. The van der Waals surface area contributed by atoms with Crippen LogP contribution < -0.4 is 0 Å². The zero-order chi connectivity index (χ0) is 80.0. The molecule has 0 saturated carbocycles. The normalized spacial score (nSPS) is 16.6. The number of hydrogen-bond acceptors (Lipinski definition) is 15. The molecule has 122 heavy (non-hydrogen) atoms. The summed E-state index contributed by atoms with van der Waals surface area (Å²) in [6.45, 7) is -0.0121. The molecule has 26 rings (SSSR count). The van der Waals surface area contributed by atoms with E-state index in [-0.39, 0.29) is 42.2 Å². The Hall–Kier alpha value is -15.4. The van der Waals surface area contributed by atoms with E-state index in [1.165, 1.54) is 77.4 Å². The first-order valence-corrected chi connectivity index (χ1v) is 41.6. The maximum absolute atomic E-state index is 6.52. The van der Waals surface area contributed by atoms with E-state index in [0.29, 0.717) is 5.82 Å². The third-order valence-electron chi connectivity index (χ3n) is 25.6. The van der Waals surface area contributed by atoms with E-state index in [1.54, 1.807) is 0 Å². The molecular weight excluding hydrogens is 1490 g/mol. The van der Waals surface area contributed by atoms with Crippen LogP contribution in [-0.4, -0.2) is 134 Å². The fourth-order valence-corrected chi connectivity index (χ4v) is 20.1. The first kappa shape index (κ1) is 69.7. The molecule has 24 heteroatoms. The number of allylic oxidation sites excluding steroid dienone is 12. The first-order chi connectivity index (χ1) is 60.5. The van der Waals surface area contributed by atoms with Crippen molar-refractivity contribution in [1.82, 2.24) is 52.3 Å². The topological polar surface area (TPSA) is 119 Å².